The maximum atomic E-state index is 11.7. The number of anilines is 1. The van der Waals surface area contributed by atoms with Crippen LogP contribution in [0.1, 0.15) is 18.9 Å². The van der Waals surface area contributed by atoms with Crippen LogP contribution in [0.2, 0.25) is 0 Å². The summed E-state index contributed by atoms with van der Waals surface area (Å²) in [4.78, 5) is 22.4. The lowest BCUT2D eigenvalue weighted by molar-refractivity contribution is -0.136. The van der Waals surface area contributed by atoms with Gasteiger partial charge in [-0.05, 0) is 25.0 Å². The van der Waals surface area contributed by atoms with Crippen molar-refractivity contribution in [2.45, 2.75) is 19.8 Å². The van der Waals surface area contributed by atoms with Crippen LogP contribution in [0.5, 0.6) is 0 Å². The number of carbonyl (C=O) groups is 2. The SMILES string of the molecule is CCOCCCNC(=O)Nc1ccccc1CC(=O)O. The molecule has 1 aromatic rings. The van der Waals surface area contributed by atoms with E-state index in [2.05, 4.69) is 10.6 Å². The van der Waals surface area contributed by atoms with E-state index in [1.54, 1.807) is 24.3 Å². The van der Waals surface area contributed by atoms with Gasteiger partial charge in [-0.2, -0.15) is 0 Å². The number of rotatable bonds is 8. The van der Waals surface area contributed by atoms with E-state index >= 15 is 0 Å². The van der Waals surface area contributed by atoms with Gasteiger partial charge < -0.3 is 20.5 Å². The topological polar surface area (TPSA) is 87.7 Å². The van der Waals surface area contributed by atoms with Gasteiger partial charge in [0.05, 0.1) is 6.42 Å². The number of urea groups is 1. The minimum Gasteiger partial charge on any atom is -0.481 e. The van der Waals surface area contributed by atoms with Crippen molar-refractivity contribution in [1.82, 2.24) is 5.32 Å². The molecular formula is C14H20N2O4. The van der Waals surface area contributed by atoms with Crippen molar-refractivity contribution in [3.63, 3.8) is 0 Å². The summed E-state index contributed by atoms with van der Waals surface area (Å²) < 4.78 is 5.16. The molecule has 6 nitrogen and oxygen atoms in total. The highest BCUT2D eigenvalue weighted by Gasteiger charge is 2.08. The van der Waals surface area contributed by atoms with E-state index in [-0.39, 0.29) is 12.5 Å². The lowest BCUT2D eigenvalue weighted by Gasteiger charge is -2.10. The van der Waals surface area contributed by atoms with Gasteiger partial charge in [0.25, 0.3) is 0 Å². The molecule has 0 radical (unpaired) electrons. The second-order valence-corrected chi connectivity index (χ2v) is 4.16. The molecule has 0 bridgehead atoms. The Balaban J connectivity index is 2.43. The number of nitrogens with one attached hydrogen (secondary N) is 2. The second kappa shape index (κ2) is 8.92. The number of ether oxygens (including phenoxy) is 1. The molecule has 20 heavy (non-hydrogen) atoms. The number of amides is 2. The van der Waals surface area contributed by atoms with Crippen molar-refractivity contribution < 1.29 is 19.4 Å². The van der Waals surface area contributed by atoms with Gasteiger partial charge in [0, 0.05) is 25.4 Å². The van der Waals surface area contributed by atoms with Crippen molar-refractivity contribution in [1.29, 1.82) is 0 Å². The number of para-hydroxylation sites is 1. The molecule has 0 unspecified atom stereocenters. The Morgan fingerprint density at radius 2 is 2.05 bits per heavy atom. The van der Waals surface area contributed by atoms with Crippen LogP contribution in [0.25, 0.3) is 0 Å². The largest absolute Gasteiger partial charge is 0.481 e. The Labute approximate surface area is 118 Å². The molecule has 0 fully saturated rings. The number of carboxylic acid groups (broad SMARTS) is 1. The molecular weight excluding hydrogens is 260 g/mol. The molecule has 6 heteroatoms. The van der Waals surface area contributed by atoms with E-state index in [1.165, 1.54) is 0 Å². The van der Waals surface area contributed by atoms with E-state index < -0.39 is 5.97 Å². The molecule has 1 rings (SSSR count). The van der Waals surface area contributed by atoms with Gasteiger partial charge in [0.2, 0.25) is 0 Å². The smallest absolute Gasteiger partial charge is 0.319 e. The summed E-state index contributed by atoms with van der Waals surface area (Å²) in [6, 6.07) is 6.50. The van der Waals surface area contributed by atoms with Gasteiger partial charge in [0.15, 0.2) is 0 Å². The monoisotopic (exact) mass is 280 g/mol. The first-order valence-corrected chi connectivity index (χ1v) is 6.55. The Hall–Kier alpha value is -2.08. The fraction of sp³-hybridized carbons (Fsp3) is 0.429. The van der Waals surface area contributed by atoms with Gasteiger partial charge >= 0.3 is 12.0 Å². The average molecular weight is 280 g/mol. The van der Waals surface area contributed by atoms with Crippen LogP contribution in [0.4, 0.5) is 10.5 Å². The van der Waals surface area contributed by atoms with Gasteiger partial charge in [-0.15, -0.1) is 0 Å². The highest BCUT2D eigenvalue weighted by molar-refractivity contribution is 5.90. The van der Waals surface area contributed by atoms with Crippen LogP contribution in [-0.4, -0.2) is 36.9 Å². The van der Waals surface area contributed by atoms with Gasteiger partial charge in [0.1, 0.15) is 0 Å². The molecule has 3 N–H and O–H groups in total. The fourth-order valence-electron chi connectivity index (χ4n) is 1.65. The number of aliphatic carboxylic acids is 1. The predicted octanol–water partition coefficient (Wildman–Crippen LogP) is 1.86. The second-order valence-electron chi connectivity index (χ2n) is 4.16. The molecule has 2 amide bonds. The summed E-state index contributed by atoms with van der Waals surface area (Å²) in [6.07, 6.45) is 0.610. The van der Waals surface area contributed by atoms with Crippen molar-refractivity contribution >= 4 is 17.7 Å². The highest BCUT2D eigenvalue weighted by atomic mass is 16.5. The number of hydrogen-bond donors (Lipinski definition) is 3. The maximum absolute atomic E-state index is 11.7. The first kappa shape index (κ1) is 16.0. The van der Waals surface area contributed by atoms with Crippen LogP contribution in [0, 0.1) is 0 Å². The molecule has 0 aliphatic carbocycles. The Bertz CT molecular complexity index is 449. The molecule has 0 saturated carbocycles. The third kappa shape index (κ3) is 6.19. The van der Waals surface area contributed by atoms with Crippen molar-refractivity contribution in [2.75, 3.05) is 25.1 Å². The zero-order valence-corrected chi connectivity index (χ0v) is 11.5. The minimum atomic E-state index is -0.934. The lowest BCUT2D eigenvalue weighted by atomic mass is 10.1. The van der Waals surface area contributed by atoms with Crippen LogP contribution >= 0.6 is 0 Å². The Morgan fingerprint density at radius 3 is 2.75 bits per heavy atom. The van der Waals surface area contributed by atoms with Gasteiger partial charge in [-0.1, -0.05) is 18.2 Å². The summed E-state index contributed by atoms with van der Waals surface area (Å²) in [7, 11) is 0. The van der Waals surface area contributed by atoms with Crippen LogP contribution in [-0.2, 0) is 16.0 Å². The maximum Gasteiger partial charge on any atom is 0.319 e. The summed E-state index contributed by atoms with van der Waals surface area (Å²) in [5, 5.41) is 14.2. The fourth-order valence-corrected chi connectivity index (χ4v) is 1.65. The highest BCUT2D eigenvalue weighted by Crippen LogP contribution is 2.15. The zero-order chi connectivity index (χ0) is 14.8. The van der Waals surface area contributed by atoms with Crippen molar-refractivity contribution in [3.8, 4) is 0 Å². The summed E-state index contributed by atoms with van der Waals surface area (Å²) in [5.74, 6) is -0.934. The zero-order valence-electron chi connectivity index (χ0n) is 11.5. The molecule has 0 atom stereocenters. The Kier molecular flexibility index (Phi) is 7.13. The Morgan fingerprint density at radius 1 is 1.30 bits per heavy atom. The molecule has 0 aromatic heterocycles. The van der Waals surface area contributed by atoms with Crippen LogP contribution in [0.3, 0.4) is 0 Å². The van der Waals surface area contributed by atoms with E-state index in [1.807, 2.05) is 6.92 Å². The minimum absolute atomic E-state index is 0.124. The third-order valence-corrected chi connectivity index (χ3v) is 2.56. The molecule has 0 saturated heterocycles. The predicted molar refractivity (Wildman–Crippen MR) is 75.9 cm³/mol. The quantitative estimate of drug-likeness (QED) is 0.634. The first-order chi connectivity index (χ1) is 9.63. The normalized spacial score (nSPS) is 10.1. The number of hydrogen-bond acceptors (Lipinski definition) is 3. The molecule has 0 aliphatic heterocycles. The van der Waals surface area contributed by atoms with Gasteiger partial charge in [-0.3, -0.25) is 4.79 Å². The van der Waals surface area contributed by atoms with Crippen molar-refractivity contribution in [2.24, 2.45) is 0 Å². The molecule has 110 valence electrons. The lowest BCUT2D eigenvalue weighted by Crippen LogP contribution is -2.30. The van der Waals surface area contributed by atoms with E-state index in [4.69, 9.17) is 9.84 Å². The average Bonchev–Trinajstić information content (AvgIpc) is 2.40. The van der Waals surface area contributed by atoms with Crippen LogP contribution < -0.4 is 10.6 Å². The van der Waals surface area contributed by atoms with Crippen LogP contribution in [0.15, 0.2) is 24.3 Å². The molecule has 0 aliphatic rings. The van der Waals surface area contributed by atoms with E-state index in [0.717, 1.165) is 6.42 Å². The molecule has 0 spiro atoms. The number of carbonyl (C=O) groups excluding carboxylic acids is 1. The summed E-state index contributed by atoms with van der Waals surface area (Å²) in [6.45, 7) is 3.69. The number of benzene rings is 1. The molecule has 0 heterocycles. The molecule has 1 aromatic carbocycles. The van der Waals surface area contributed by atoms with E-state index in [9.17, 15) is 9.59 Å². The van der Waals surface area contributed by atoms with Gasteiger partial charge in [-0.25, -0.2) is 4.79 Å². The standard InChI is InChI=1S/C14H20N2O4/c1-2-20-9-5-8-15-14(19)16-12-7-4-3-6-11(12)10-13(17)18/h3-4,6-7H,2,5,8-10H2,1H3,(H,17,18)(H2,15,16,19). The third-order valence-electron chi connectivity index (χ3n) is 2.56. The number of carboxylic acids is 1. The summed E-state index contributed by atoms with van der Waals surface area (Å²) in [5.41, 5.74) is 1.08. The van der Waals surface area contributed by atoms with E-state index in [0.29, 0.717) is 31.0 Å². The summed E-state index contributed by atoms with van der Waals surface area (Å²) >= 11 is 0. The first-order valence-electron chi connectivity index (χ1n) is 6.55. The van der Waals surface area contributed by atoms with Crippen molar-refractivity contribution in [3.05, 3.63) is 29.8 Å².